The number of nitrogens with one attached hydrogen (secondary N) is 2. The summed E-state index contributed by atoms with van der Waals surface area (Å²) in [5, 5.41) is 7.27. The monoisotopic (exact) mass is 400 g/mol. The van der Waals surface area contributed by atoms with Crippen molar-refractivity contribution in [1.29, 1.82) is 0 Å². The number of guanidine groups is 1. The highest BCUT2D eigenvalue weighted by molar-refractivity contribution is 6.29. The third kappa shape index (κ3) is 6.21. The fraction of sp³-hybridized carbons (Fsp3) is 0.455. The average molecular weight is 401 g/mol. The Kier molecular flexibility index (Phi) is 8.12. The largest absolute Gasteiger partial charge is 0.373 e. The molecule has 28 heavy (non-hydrogen) atoms. The van der Waals surface area contributed by atoms with E-state index in [9.17, 15) is 0 Å². The maximum Gasteiger partial charge on any atom is 0.191 e. The van der Waals surface area contributed by atoms with Crippen LogP contribution in [0.2, 0.25) is 5.15 Å². The molecule has 2 unspecified atom stereocenters. The minimum Gasteiger partial charge on any atom is -0.373 e. The molecule has 1 aromatic carbocycles. The molecule has 150 valence electrons. The third-order valence-corrected chi connectivity index (χ3v) is 5.12. The van der Waals surface area contributed by atoms with Crippen molar-refractivity contribution < 1.29 is 4.74 Å². The van der Waals surface area contributed by atoms with E-state index in [2.05, 4.69) is 46.8 Å². The Hall–Kier alpha value is -2.11. The van der Waals surface area contributed by atoms with Crippen LogP contribution in [0.25, 0.3) is 0 Å². The fourth-order valence-electron chi connectivity index (χ4n) is 3.47. The van der Waals surface area contributed by atoms with Crippen molar-refractivity contribution in [2.24, 2.45) is 10.9 Å². The summed E-state index contributed by atoms with van der Waals surface area (Å²) in [6.45, 7) is 5.28. The van der Waals surface area contributed by atoms with E-state index in [0.29, 0.717) is 11.1 Å². The van der Waals surface area contributed by atoms with E-state index in [1.165, 1.54) is 5.56 Å². The first-order valence-corrected chi connectivity index (χ1v) is 10.4. The van der Waals surface area contributed by atoms with E-state index in [1.807, 2.05) is 24.4 Å². The quantitative estimate of drug-likeness (QED) is 0.419. The lowest BCUT2D eigenvalue weighted by molar-refractivity contribution is -0.0250. The maximum absolute atomic E-state index is 6.09. The van der Waals surface area contributed by atoms with Crippen molar-refractivity contribution in [3.05, 3.63) is 64.9 Å². The number of nitrogens with zero attached hydrogens (tertiary/aromatic N) is 2. The van der Waals surface area contributed by atoms with Gasteiger partial charge >= 0.3 is 0 Å². The second-order valence-corrected chi connectivity index (χ2v) is 7.38. The standard InChI is InChI=1S/C22H29ClN4O/c1-2-24-22(25-13-12-17-10-11-20(23)26-15-17)27-16-19-9-6-14-28-21(19)18-7-4-3-5-8-18/h3-5,7-8,10-11,15,19,21H,2,6,9,12-14,16H2,1H3,(H2,24,25,27). The van der Waals surface area contributed by atoms with Crippen molar-refractivity contribution in [2.75, 3.05) is 26.2 Å². The van der Waals surface area contributed by atoms with Gasteiger partial charge in [0.1, 0.15) is 5.15 Å². The number of aliphatic imine (C=N–C) groups is 1. The van der Waals surface area contributed by atoms with Gasteiger partial charge in [-0.2, -0.15) is 0 Å². The van der Waals surface area contributed by atoms with Gasteiger partial charge in [0.15, 0.2) is 5.96 Å². The zero-order valence-electron chi connectivity index (χ0n) is 16.4. The molecule has 0 spiro atoms. The van der Waals surface area contributed by atoms with Crippen LogP contribution in [0.4, 0.5) is 0 Å². The molecular weight excluding hydrogens is 372 g/mol. The van der Waals surface area contributed by atoms with Crippen LogP contribution in [0.3, 0.4) is 0 Å². The van der Waals surface area contributed by atoms with Gasteiger partial charge in [0.05, 0.1) is 6.10 Å². The van der Waals surface area contributed by atoms with Crippen LogP contribution in [-0.4, -0.2) is 37.2 Å². The van der Waals surface area contributed by atoms with E-state index in [-0.39, 0.29) is 6.10 Å². The predicted octanol–water partition coefficient (Wildman–Crippen LogP) is 4.00. The lowest BCUT2D eigenvalue weighted by Crippen LogP contribution is -2.39. The molecule has 0 aliphatic carbocycles. The summed E-state index contributed by atoms with van der Waals surface area (Å²) in [4.78, 5) is 8.96. The number of hydrogen-bond acceptors (Lipinski definition) is 3. The van der Waals surface area contributed by atoms with Gasteiger partial charge in [0.2, 0.25) is 0 Å². The van der Waals surface area contributed by atoms with Crippen LogP contribution in [0.1, 0.15) is 37.0 Å². The van der Waals surface area contributed by atoms with Gasteiger partial charge < -0.3 is 15.4 Å². The zero-order chi connectivity index (χ0) is 19.6. The van der Waals surface area contributed by atoms with E-state index >= 15 is 0 Å². The first-order chi connectivity index (χ1) is 13.8. The Morgan fingerprint density at radius 1 is 1.21 bits per heavy atom. The SMILES string of the molecule is CCNC(=NCC1CCCOC1c1ccccc1)NCCc1ccc(Cl)nc1. The first kappa shape index (κ1) is 20.6. The van der Waals surface area contributed by atoms with Crippen LogP contribution in [0.15, 0.2) is 53.7 Å². The van der Waals surface area contributed by atoms with Crippen molar-refractivity contribution in [2.45, 2.75) is 32.3 Å². The van der Waals surface area contributed by atoms with Gasteiger partial charge in [-0.15, -0.1) is 0 Å². The van der Waals surface area contributed by atoms with Gasteiger partial charge in [-0.1, -0.05) is 48.0 Å². The summed E-state index contributed by atoms with van der Waals surface area (Å²) in [6.07, 6.45) is 5.04. The molecule has 1 fully saturated rings. The molecule has 1 aliphatic rings. The van der Waals surface area contributed by atoms with Gasteiger partial charge in [0, 0.05) is 38.4 Å². The molecule has 0 radical (unpaired) electrons. The van der Waals surface area contributed by atoms with E-state index < -0.39 is 0 Å². The molecular formula is C22H29ClN4O. The van der Waals surface area contributed by atoms with Crippen LogP contribution in [0.5, 0.6) is 0 Å². The molecule has 2 aromatic rings. The Balaban J connectivity index is 1.56. The smallest absolute Gasteiger partial charge is 0.191 e. The molecule has 1 aromatic heterocycles. The fourth-order valence-corrected chi connectivity index (χ4v) is 3.58. The van der Waals surface area contributed by atoms with Gasteiger partial charge in [-0.25, -0.2) is 4.98 Å². The summed E-state index contributed by atoms with van der Waals surface area (Å²) in [5.74, 6) is 1.24. The summed E-state index contributed by atoms with van der Waals surface area (Å²) in [7, 11) is 0. The van der Waals surface area contributed by atoms with E-state index in [4.69, 9.17) is 21.3 Å². The van der Waals surface area contributed by atoms with E-state index in [1.54, 1.807) is 0 Å². The summed E-state index contributed by atoms with van der Waals surface area (Å²) < 4.78 is 6.09. The Bertz CT molecular complexity index is 736. The van der Waals surface area contributed by atoms with E-state index in [0.717, 1.165) is 57.0 Å². The molecule has 0 saturated carbocycles. The first-order valence-electron chi connectivity index (χ1n) is 10.1. The number of halogens is 1. The van der Waals surface area contributed by atoms with Gasteiger partial charge in [0.25, 0.3) is 0 Å². The van der Waals surface area contributed by atoms with Crippen LogP contribution in [-0.2, 0) is 11.2 Å². The van der Waals surface area contributed by atoms with Crippen molar-refractivity contribution in [1.82, 2.24) is 15.6 Å². The Morgan fingerprint density at radius 3 is 2.82 bits per heavy atom. The minimum atomic E-state index is 0.127. The topological polar surface area (TPSA) is 58.5 Å². The van der Waals surface area contributed by atoms with Crippen LogP contribution < -0.4 is 10.6 Å². The molecule has 0 bridgehead atoms. The van der Waals surface area contributed by atoms with Crippen LogP contribution in [0, 0.1) is 5.92 Å². The molecule has 1 saturated heterocycles. The number of hydrogen-bond donors (Lipinski definition) is 2. The third-order valence-electron chi connectivity index (χ3n) is 4.90. The molecule has 2 atom stereocenters. The Labute approximate surface area is 172 Å². The molecule has 6 heteroatoms. The highest BCUT2D eigenvalue weighted by atomic mass is 35.5. The molecule has 2 N–H and O–H groups in total. The van der Waals surface area contributed by atoms with Gasteiger partial charge in [-0.05, 0) is 43.4 Å². The molecule has 2 heterocycles. The number of pyridine rings is 1. The van der Waals surface area contributed by atoms with Crippen LogP contribution >= 0.6 is 11.6 Å². The summed E-state index contributed by atoms with van der Waals surface area (Å²) in [6, 6.07) is 14.3. The van der Waals surface area contributed by atoms with Crippen molar-refractivity contribution in [3.63, 3.8) is 0 Å². The number of ether oxygens (including phenoxy) is 1. The zero-order valence-corrected chi connectivity index (χ0v) is 17.2. The normalized spacial score (nSPS) is 20.0. The second-order valence-electron chi connectivity index (χ2n) is 6.99. The van der Waals surface area contributed by atoms with Gasteiger partial charge in [-0.3, -0.25) is 4.99 Å². The number of aromatic nitrogens is 1. The maximum atomic E-state index is 6.09. The molecule has 3 rings (SSSR count). The Morgan fingerprint density at radius 2 is 2.07 bits per heavy atom. The molecule has 5 nitrogen and oxygen atoms in total. The lowest BCUT2D eigenvalue weighted by Gasteiger charge is -2.31. The number of rotatable bonds is 7. The highest BCUT2D eigenvalue weighted by Crippen LogP contribution is 2.33. The highest BCUT2D eigenvalue weighted by Gasteiger charge is 2.27. The summed E-state index contributed by atoms with van der Waals surface area (Å²) >= 11 is 5.84. The van der Waals surface area contributed by atoms with Crippen molar-refractivity contribution in [3.8, 4) is 0 Å². The molecule has 1 aliphatic heterocycles. The number of benzene rings is 1. The minimum absolute atomic E-state index is 0.127. The average Bonchev–Trinajstić information content (AvgIpc) is 2.74. The molecule has 0 amide bonds. The lowest BCUT2D eigenvalue weighted by atomic mass is 9.89. The predicted molar refractivity (Wildman–Crippen MR) is 115 cm³/mol. The summed E-state index contributed by atoms with van der Waals surface area (Å²) in [5.41, 5.74) is 2.40. The van der Waals surface area contributed by atoms with Crippen molar-refractivity contribution >= 4 is 17.6 Å². The second kappa shape index (κ2) is 11.0.